The van der Waals surface area contributed by atoms with Crippen molar-refractivity contribution in [2.45, 2.75) is 19.8 Å². The number of hydrogen-bond donors (Lipinski definition) is 1. The van der Waals surface area contributed by atoms with Gasteiger partial charge >= 0.3 is 0 Å². The van der Waals surface area contributed by atoms with Crippen LogP contribution in [0, 0.1) is 0 Å². The predicted octanol–water partition coefficient (Wildman–Crippen LogP) is 4.25. The van der Waals surface area contributed by atoms with Crippen molar-refractivity contribution < 1.29 is 4.79 Å². The number of nitrogens with two attached hydrogens (primary N) is 1. The van der Waals surface area contributed by atoms with Crippen LogP contribution in [-0.2, 0) is 0 Å². The van der Waals surface area contributed by atoms with E-state index in [1.807, 2.05) is 30.5 Å². The monoisotopic (exact) mass is 408 g/mol. The van der Waals surface area contributed by atoms with E-state index in [4.69, 9.17) is 10.8 Å². The largest absolute Gasteiger partial charge is 0.366 e. The SMILES string of the molecule is CC(C)c1nn(-c2ccc(C(N)=O)cn2)c2nccc(-c3cnc4ccccc4c3)c12. The first kappa shape index (κ1) is 18.9. The Morgan fingerprint density at radius 1 is 1.00 bits per heavy atom. The summed E-state index contributed by atoms with van der Waals surface area (Å²) in [6.45, 7) is 4.20. The lowest BCUT2D eigenvalue weighted by atomic mass is 9.99. The standard InChI is InChI=1S/C24H20N6O/c1-14(2)22-21-18(17-11-15-5-3-4-6-19(15)27-13-17)9-10-26-24(21)30(29-22)20-8-7-16(12-28-20)23(25)31/h3-14H,1-2H3,(H2,25,31). The van der Waals surface area contributed by atoms with Crippen molar-refractivity contribution in [2.24, 2.45) is 5.73 Å². The Hall–Kier alpha value is -4.13. The van der Waals surface area contributed by atoms with Crippen LogP contribution in [0.5, 0.6) is 0 Å². The predicted molar refractivity (Wildman–Crippen MR) is 120 cm³/mol. The van der Waals surface area contributed by atoms with Gasteiger partial charge in [-0.25, -0.2) is 9.97 Å². The maximum absolute atomic E-state index is 11.4. The normalized spacial score (nSPS) is 11.5. The van der Waals surface area contributed by atoms with Crippen LogP contribution in [-0.4, -0.2) is 30.6 Å². The lowest BCUT2D eigenvalue weighted by Crippen LogP contribution is -2.12. The van der Waals surface area contributed by atoms with E-state index in [0.29, 0.717) is 17.0 Å². The number of benzene rings is 1. The zero-order valence-corrected chi connectivity index (χ0v) is 17.1. The molecular weight excluding hydrogens is 388 g/mol. The van der Waals surface area contributed by atoms with Crippen molar-refractivity contribution in [3.05, 3.63) is 78.4 Å². The van der Waals surface area contributed by atoms with Crippen molar-refractivity contribution >= 4 is 27.8 Å². The quantitative estimate of drug-likeness (QED) is 0.479. The van der Waals surface area contributed by atoms with E-state index in [1.165, 1.54) is 6.20 Å². The topological polar surface area (TPSA) is 99.6 Å². The molecule has 7 nitrogen and oxygen atoms in total. The third-order valence-electron chi connectivity index (χ3n) is 5.29. The molecule has 7 heteroatoms. The number of amides is 1. The zero-order valence-electron chi connectivity index (χ0n) is 17.1. The fourth-order valence-corrected chi connectivity index (χ4v) is 3.75. The van der Waals surface area contributed by atoms with Gasteiger partial charge in [0, 0.05) is 29.5 Å². The first-order chi connectivity index (χ1) is 15.0. The molecule has 5 rings (SSSR count). The summed E-state index contributed by atoms with van der Waals surface area (Å²) in [5.74, 6) is 0.227. The molecule has 0 aliphatic heterocycles. The van der Waals surface area contributed by atoms with Crippen LogP contribution < -0.4 is 5.73 Å². The summed E-state index contributed by atoms with van der Waals surface area (Å²) in [6, 6.07) is 15.6. The van der Waals surface area contributed by atoms with Gasteiger partial charge in [-0.05, 0) is 41.8 Å². The highest BCUT2D eigenvalue weighted by Gasteiger charge is 2.20. The van der Waals surface area contributed by atoms with E-state index >= 15 is 0 Å². The highest BCUT2D eigenvalue weighted by Crippen LogP contribution is 2.34. The van der Waals surface area contributed by atoms with Gasteiger partial charge in [-0.2, -0.15) is 9.78 Å². The van der Waals surface area contributed by atoms with Crippen LogP contribution in [0.4, 0.5) is 0 Å². The van der Waals surface area contributed by atoms with Crippen molar-refractivity contribution in [1.29, 1.82) is 0 Å². The summed E-state index contributed by atoms with van der Waals surface area (Å²) < 4.78 is 1.72. The highest BCUT2D eigenvalue weighted by molar-refractivity contribution is 5.97. The molecule has 31 heavy (non-hydrogen) atoms. The first-order valence-corrected chi connectivity index (χ1v) is 10.0. The minimum Gasteiger partial charge on any atom is -0.366 e. The molecule has 4 heterocycles. The molecule has 0 radical (unpaired) electrons. The molecule has 152 valence electrons. The van der Waals surface area contributed by atoms with Gasteiger partial charge in [0.15, 0.2) is 11.5 Å². The number of nitrogens with zero attached hydrogens (tertiary/aromatic N) is 5. The van der Waals surface area contributed by atoms with Gasteiger partial charge < -0.3 is 5.73 Å². The molecule has 0 bridgehead atoms. The molecule has 0 atom stereocenters. The Bertz CT molecular complexity index is 1440. The molecule has 1 amide bonds. The highest BCUT2D eigenvalue weighted by atomic mass is 16.1. The lowest BCUT2D eigenvalue weighted by molar-refractivity contribution is 0.1000. The molecule has 0 spiro atoms. The number of pyridine rings is 3. The third kappa shape index (κ3) is 3.20. The fourth-order valence-electron chi connectivity index (χ4n) is 3.75. The first-order valence-electron chi connectivity index (χ1n) is 10.0. The second-order valence-electron chi connectivity index (χ2n) is 7.69. The van der Waals surface area contributed by atoms with Crippen LogP contribution >= 0.6 is 0 Å². The maximum Gasteiger partial charge on any atom is 0.250 e. The number of rotatable bonds is 4. The average molecular weight is 408 g/mol. The molecule has 0 aliphatic carbocycles. The molecule has 0 fully saturated rings. The summed E-state index contributed by atoms with van der Waals surface area (Å²) in [6.07, 6.45) is 5.11. The summed E-state index contributed by atoms with van der Waals surface area (Å²) in [5.41, 5.74) is 10.3. The van der Waals surface area contributed by atoms with E-state index < -0.39 is 5.91 Å². The molecule has 0 unspecified atom stereocenters. The second kappa shape index (κ2) is 7.28. The lowest BCUT2D eigenvalue weighted by Gasteiger charge is -2.08. The van der Waals surface area contributed by atoms with Crippen molar-refractivity contribution in [3.63, 3.8) is 0 Å². The van der Waals surface area contributed by atoms with Crippen LogP contribution in [0.3, 0.4) is 0 Å². The molecule has 1 aromatic carbocycles. The number of fused-ring (bicyclic) bond motifs is 2. The average Bonchev–Trinajstić information content (AvgIpc) is 3.19. The number of hydrogen-bond acceptors (Lipinski definition) is 5. The summed E-state index contributed by atoms with van der Waals surface area (Å²) in [5, 5.41) is 6.88. The Morgan fingerprint density at radius 3 is 2.58 bits per heavy atom. The van der Waals surface area contributed by atoms with Gasteiger partial charge in [0.25, 0.3) is 0 Å². The van der Waals surface area contributed by atoms with Crippen molar-refractivity contribution in [1.82, 2.24) is 24.7 Å². The van der Waals surface area contributed by atoms with E-state index in [0.717, 1.165) is 33.1 Å². The summed E-state index contributed by atoms with van der Waals surface area (Å²) in [7, 11) is 0. The molecule has 4 aromatic heterocycles. The number of aromatic nitrogens is 5. The number of carbonyl (C=O) groups excluding carboxylic acids is 1. The second-order valence-corrected chi connectivity index (χ2v) is 7.69. The molecule has 0 aliphatic rings. The van der Waals surface area contributed by atoms with E-state index in [1.54, 1.807) is 23.0 Å². The Kier molecular flexibility index (Phi) is 4.43. The molecule has 0 saturated carbocycles. The number of carbonyl (C=O) groups is 1. The van der Waals surface area contributed by atoms with Gasteiger partial charge in [-0.3, -0.25) is 9.78 Å². The third-order valence-corrected chi connectivity index (χ3v) is 5.29. The molecular formula is C24H20N6O. The molecule has 2 N–H and O–H groups in total. The molecule has 5 aromatic rings. The summed E-state index contributed by atoms with van der Waals surface area (Å²) >= 11 is 0. The Labute approximate surface area is 178 Å². The van der Waals surface area contributed by atoms with Crippen LogP contribution in [0.15, 0.2) is 67.1 Å². The van der Waals surface area contributed by atoms with Gasteiger partial charge in [0.05, 0.1) is 22.2 Å². The van der Waals surface area contributed by atoms with E-state index in [-0.39, 0.29) is 5.92 Å². The van der Waals surface area contributed by atoms with Gasteiger partial charge in [0.1, 0.15) is 0 Å². The zero-order chi connectivity index (χ0) is 21.5. The summed E-state index contributed by atoms with van der Waals surface area (Å²) in [4.78, 5) is 25.0. The molecule has 0 saturated heterocycles. The van der Waals surface area contributed by atoms with Crippen LogP contribution in [0.2, 0.25) is 0 Å². The van der Waals surface area contributed by atoms with Gasteiger partial charge in [-0.15, -0.1) is 0 Å². The minimum absolute atomic E-state index is 0.171. The fraction of sp³-hybridized carbons (Fsp3) is 0.125. The van der Waals surface area contributed by atoms with Crippen molar-refractivity contribution in [3.8, 4) is 16.9 Å². The van der Waals surface area contributed by atoms with Gasteiger partial charge in [0.2, 0.25) is 5.91 Å². The Morgan fingerprint density at radius 2 is 1.84 bits per heavy atom. The smallest absolute Gasteiger partial charge is 0.250 e. The van der Waals surface area contributed by atoms with Crippen LogP contribution in [0.25, 0.3) is 38.9 Å². The number of primary amides is 1. The maximum atomic E-state index is 11.4. The van der Waals surface area contributed by atoms with Gasteiger partial charge in [-0.1, -0.05) is 32.0 Å². The van der Waals surface area contributed by atoms with Crippen LogP contribution in [0.1, 0.15) is 35.8 Å². The Balaban J connectivity index is 1.74. The number of para-hydroxylation sites is 1. The minimum atomic E-state index is -0.517. The van der Waals surface area contributed by atoms with E-state index in [9.17, 15) is 4.79 Å². The van der Waals surface area contributed by atoms with Crippen molar-refractivity contribution in [2.75, 3.05) is 0 Å². The van der Waals surface area contributed by atoms with E-state index in [2.05, 4.69) is 40.9 Å².